The summed E-state index contributed by atoms with van der Waals surface area (Å²) in [6.45, 7) is 0.378. The Kier molecular flexibility index (Phi) is 8.32. The summed E-state index contributed by atoms with van der Waals surface area (Å²) >= 11 is 0. The predicted octanol–water partition coefficient (Wildman–Crippen LogP) is 3.45. The second-order valence-corrected chi connectivity index (χ2v) is 9.21. The quantitative estimate of drug-likeness (QED) is 0.417. The van der Waals surface area contributed by atoms with Gasteiger partial charge in [0.15, 0.2) is 0 Å². The van der Waals surface area contributed by atoms with E-state index in [0.29, 0.717) is 37.3 Å². The SMILES string of the molecule is Cn1ncc(-c2ccc(O[C@H]3CCCC(C=O)(CO)C3)cn2)c1CNC(=O)OCCc1ccccc1. The van der Waals surface area contributed by atoms with Crippen LogP contribution in [-0.4, -0.2) is 51.6 Å². The lowest BCUT2D eigenvalue weighted by Gasteiger charge is -2.35. The van der Waals surface area contributed by atoms with Gasteiger partial charge in [-0.1, -0.05) is 30.3 Å². The van der Waals surface area contributed by atoms with Crippen LogP contribution in [0.4, 0.5) is 4.79 Å². The van der Waals surface area contributed by atoms with Crippen LogP contribution in [0.1, 0.15) is 36.9 Å². The first kappa shape index (κ1) is 25.4. The largest absolute Gasteiger partial charge is 0.489 e. The molecule has 1 aromatic carbocycles. The molecule has 1 aliphatic carbocycles. The van der Waals surface area contributed by atoms with E-state index in [1.54, 1.807) is 17.1 Å². The summed E-state index contributed by atoms with van der Waals surface area (Å²) in [7, 11) is 1.81. The number of carbonyl (C=O) groups is 2. The van der Waals surface area contributed by atoms with Crippen molar-refractivity contribution in [3.05, 3.63) is 66.1 Å². The van der Waals surface area contributed by atoms with Crippen molar-refractivity contribution in [3.63, 3.8) is 0 Å². The molecular weight excluding hydrogens is 460 g/mol. The van der Waals surface area contributed by atoms with Crippen LogP contribution in [0.5, 0.6) is 5.75 Å². The number of aldehydes is 1. The Labute approximate surface area is 210 Å². The Morgan fingerprint density at radius 3 is 2.81 bits per heavy atom. The lowest BCUT2D eigenvalue weighted by molar-refractivity contribution is -0.122. The van der Waals surface area contributed by atoms with Crippen molar-refractivity contribution >= 4 is 12.4 Å². The van der Waals surface area contributed by atoms with Gasteiger partial charge in [0.05, 0.1) is 55.1 Å². The zero-order chi connectivity index (χ0) is 25.4. The highest BCUT2D eigenvalue weighted by Gasteiger charge is 2.36. The number of nitrogens with one attached hydrogen (secondary N) is 1. The molecule has 1 fully saturated rings. The van der Waals surface area contributed by atoms with Gasteiger partial charge < -0.3 is 24.7 Å². The molecule has 0 aliphatic heterocycles. The van der Waals surface area contributed by atoms with Crippen LogP contribution in [0.25, 0.3) is 11.3 Å². The fourth-order valence-electron chi connectivity index (χ4n) is 4.53. The Morgan fingerprint density at radius 2 is 2.08 bits per heavy atom. The smallest absolute Gasteiger partial charge is 0.407 e. The normalized spacial score (nSPS) is 19.4. The van der Waals surface area contributed by atoms with Crippen LogP contribution in [-0.2, 0) is 29.5 Å². The maximum absolute atomic E-state index is 12.2. The predicted molar refractivity (Wildman–Crippen MR) is 133 cm³/mol. The van der Waals surface area contributed by atoms with Gasteiger partial charge in [-0.2, -0.15) is 5.10 Å². The number of aryl methyl sites for hydroxylation is 1. The summed E-state index contributed by atoms with van der Waals surface area (Å²) in [5, 5.41) is 16.7. The van der Waals surface area contributed by atoms with Crippen molar-refractivity contribution in [2.24, 2.45) is 12.5 Å². The van der Waals surface area contributed by atoms with Crippen molar-refractivity contribution in [2.75, 3.05) is 13.2 Å². The Balaban J connectivity index is 1.32. The van der Waals surface area contributed by atoms with E-state index in [4.69, 9.17) is 9.47 Å². The minimum Gasteiger partial charge on any atom is -0.489 e. The molecule has 1 saturated carbocycles. The number of carbonyl (C=O) groups excluding carboxylic acids is 2. The van der Waals surface area contributed by atoms with Crippen LogP contribution in [0.2, 0.25) is 0 Å². The van der Waals surface area contributed by atoms with Crippen LogP contribution in [0.3, 0.4) is 0 Å². The van der Waals surface area contributed by atoms with E-state index in [-0.39, 0.29) is 19.3 Å². The second kappa shape index (κ2) is 11.8. The number of alkyl carbamates (subject to hydrolysis) is 1. The number of aliphatic hydroxyl groups is 1. The summed E-state index contributed by atoms with van der Waals surface area (Å²) in [6.07, 6.45) is 7.08. The Bertz CT molecular complexity index is 1150. The van der Waals surface area contributed by atoms with E-state index in [9.17, 15) is 14.7 Å². The molecule has 0 spiro atoms. The molecule has 9 heteroatoms. The van der Waals surface area contributed by atoms with Crippen molar-refractivity contribution in [1.82, 2.24) is 20.1 Å². The molecule has 0 bridgehead atoms. The maximum atomic E-state index is 12.2. The number of benzene rings is 1. The number of aromatic nitrogens is 3. The van der Waals surface area contributed by atoms with Gasteiger partial charge >= 0.3 is 6.09 Å². The molecule has 4 rings (SSSR count). The number of rotatable bonds is 10. The molecule has 9 nitrogen and oxygen atoms in total. The molecule has 36 heavy (non-hydrogen) atoms. The van der Waals surface area contributed by atoms with Crippen molar-refractivity contribution in [1.29, 1.82) is 0 Å². The molecule has 2 aromatic heterocycles. The average molecular weight is 493 g/mol. The highest BCUT2D eigenvalue weighted by Crippen LogP contribution is 2.36. The average Bonchev–Trinajstić information content (AvgIpc) is 3.28. The van der Waals surface area contributed by atoms with Gasteiger partial charge in [-0.05, 0) is 43.4 Å². The van der Waals surface area contributed by atoms with Crippen LogP contribution >= 0.6 is 0 Å². The third-order valence-corrected chi connectivity index (χ3v) is 6.64. The third-order valence-electron chi connectivity index (χ3n) is 6.64. The van der Waals surface area contributed by atoms with Gasteiger partial charge in [0.25, 0.3) is 0 Å². The number of nitrogens with zero attached hydrogens (tertiary/aromatic N) is 3. The van der Waals surface area contributed by atoms with Gasteiger partial charge in [-0.15, -0.1) is 0 Å². The third kappa shape index (κ3) is 6.28. The van der Waals surface area contributed by atoms with E-state index in [1.807, 2.05) is 49.5 Å². The van der Waals surface area contributed by atoms with E-state index in [1.165, 1.54) is 0 Å². The highest BCUT2D eigenvalue weighted by molar-refractivity contribution is 5.68. The van der Waals surface area contributed by atoms with Gasteiger partial charge in [0.1, 0.15) is 12.0 Å². The van der Waals surface area contributed by atoms with Crippen LogP contribution < -0.4 is 10.1 Å². The summed E-state index contributed by atoms with van der Waals surface area (Å²) in [6, 6.07) is 13.5. The molecule has 2 atom stereocenters. The molecule has 1 amide bonds. The van der Waals surface area contributed by atoms with E-state index in [0.717, 1.165) is 35.9 Å². The molecule has 3 aromatic rings. The summed E-state index contributed by atoms with van der Waals surface area (Å²) in [5.41, 5.74) is 2.69. The molecule has 1 aliphatic rings. The maximum Gasteiger partial charge on any atom is 0.407 e. The van der Waals surface area contributed by atoms with Crippen molar-refractivity contribution in [2.45, 2.75) is 44.8 Å². The molecule has 0 radical (unpaired) electrons. The standard InChI is InChI=1S/C27H32N4O5/c1-31-25(17-29-26(34)35-13-11-20-6-3-2-4-7-20)23(16-30-31)24-10-9-22(15-28-24)36-21-8-5-12-27(14-21,18-32)19-33/h2-4,6-7,9-10,15-16,18,21,33H,5,8,11-14,17,19H2,1H3,(H,29,34)/t21-,27?/m0/s1. The van der Waals surface area contributed by atoms with E-state index < -0.39 is 11.5 Å². The molecule has 0 saturated heterocycles. The number of aliphatic hydroxyl groups excluding tert-OH is 1. The number of amides is 1. The van der Waals surface area contributed by atoms with Crippen LogP contribution in [0, 0.1) is 5.41 Å². The second-order valence-electron chi connectivity index (χ2n) is 9.21. The first-order chi connectivity index (χ1) is 17.5. The molecular formula is C27H32N4O5. The molecule has 190 valence electrons. The number of pyridine rings is 1. The number of ether oxygens (including phenoxy) is 2. The summed E-state index contributed by atoms with van der Waals surface area (Å²) in [5.74, 6) is 0.606. The molecule has 2 N–H and O–H groups in total. The summed E-state index contributed by atoms with van der Waals surface area (Å²) in [4.78, 5) is 28.2. The van der Waals surface area contributed by atoms with Gasteiger partial charge in [-0.25, -0.2) is 4.79 Å². The minimum atomic E-state index is -0.712. The van der Waals surface area contributed by atoms with Crippen molar-refractivity contribution in [3.8, 4) is 17.0 Å². The van der Waals surface area contributed by atoms with Gasteiger partial charge in [0, 0.05) is 19.0 Å². The fraction of sp³-hybridized carbons (Fsp3) is 0.407. The number of hydrogen-bond donors (Lipinski definition) is 2. The van der Waals surface area contributed by atoms with Gasteiger partial charge in [-0.3, -0.25) is 9.67 Å². The minimum absolute atomic E-state index is 0.144. The highest BCUT2D eigenvalue weighted by atomic mass is 16.5. The Hall–Kier alpha value is -3.72. The first-order valence-electron chi connectivity index (χ1n) is 12.2. The van der Waals surface area contributed by atoms with Crippen molar-refractivity contribution < 1.29 is 24.2 Å². The zero-order valence-corrected chi connectivity index (χ0v) is 20.4. The number of hydrogen-bond acceptors (Lipinski definition) is 7. The topological polar surface area (TPSA) is 116 Å². The van der Waals surface area contributed by atoms with Gasteiger partial charge in [0.2, 0.25) is 0 Å². The fourth-order valence-corrected chi connectivity index (χ4v) is 4.53. The van der Waals surface area contributed by atoms with E-state index in [2.05, 4.69) is 15.4 Å². The van der Waals surface area contributed by atoms with E-state index >= 15 is 0 Å². The lowest BCUT2D eigenvalue weighted by Crippen LogP contribution is -2.38. The zero-order valence-electron chi connectivity index (χ0n) is 20.4. The monoisotopic (exact) mass is 492 g/mol. The summed E-state index contributed by atoms with van der Waals surface area (Å²) < 4.78 is 13.1. The molecule has 2 heterocycles. The molecule has 1 unspecified atom stereocenters. The first-order valence-corrected chi connectivity index (χ1v) is 12.2. The lowest BCUT2D eigenvalue weighted by atomic mass is 9.74. The van der Waals surface area contributed by atoms with Crippen LogP contribution in [0.15, 0.2) is 54.9 Å². The Morgan fingerprint density at radius 1 is 1.25 bits per heavy atom.